The van der Waals surface area contributed by atoms with E-state index in [1.165, 1.54) is 20.3 Å². The molecule has 1 saturated heterocycles. The van der Waals surface area contributed by atoms with Crippen molar-refractivity contribution in [2.75, 3.05) is 33.0 Å². The van der Waals surface area contributed by atoms with Gasteiger partial charge < -0.3 is 30.0 Å². The van der Waals surface area contributed by atoms with Crippen molar-refractivity contribution >= 4 is 11.6 Å². The van der Waals surface area contributed by atoms with Gasteiger partial charge in [0.25, 0.3) is 5.91 Å². The predicted octanol–water partition coefficient (Wildman–Crippen LogP) is 1.89. The second-order valence-electron chi connectivity index (χ2n) is 5.71. The standard InChI is InChI=1S/C18H20N2O5/c1-23-11-7-14(21)17(16(8-11)24-2)18(22)20-9-12(10-20)25-15-6-4-3-5-13(15)19/h3-8,12,21H,9-10,19H2,1-2H3. The molecule has 7 nitrogen and oxygen atoms in total. The van der Waals surface area contributed by atoms with Crippen LogP contribution in [-0.4, -0.2) is 49.3 Å². The van der Waals surface area contributed by atoms with Crippen LogP contribution in [-0.2, 0) is 0 Å². The number of rotatable bonds is 5. The number of aromatic hydroxyl groups is 1. The lowest BCUT2D eigenvalue weighted by Crippen LogP contribution is -2.56. The summed E-state index contributed by atoms with van der Waals surface area (Å²) in [6, 6.07) is 10.2. The molecule has 1 aliphatic rings. The highest BCUT2D eigenvalue weighted by Gasteiger charge is 2.35. The quantitative estimate of drug-likeness (QED) is 0.805. The van der Waals surface area contributed by atoms with Crippen LogP contribution in [0.5, 0.6) is 23.0 Å². The minimum Gasteiger partial charge on any atom is -0.507 e. The number of methoxy groups -OCH3 is 2. The van der Waals surface area contributed by atoms with E-state index in [1.807, 2.05) is 12.1 Å². The summed E-state index contributed by atoms with van der Waals surface area (Å²) < 4.78 is 16.1. The molecule has 0 saturated carbocycles. The van der Waals surface area contributed by atoms with Crippen LogP contribution < -0.4 is 19.9 Å². The zero-order valence-corrected chi connectivity index (χ0v) is 14.1. The summed E-state index contributed by atoms with van der Waals surface area (Å²) in [6.45, 7) is 0.809. The number of hydrogen-bond acceptors (Lipinski definition) is 6. The van der Waals surface area contributed by atoms with E-state index in [4.69, 9.17) is 19.9 Å². The number of nitrogen functional groups attached to an aromatic ring is 1. The first-order valence-electron chi connectivity index (χ1n) is 7.79. The fraction of sp³-hybridized carbons (Fsp3) is 0.278. The van der Waals surface area contributed by atoms with Crippen LogP contribution in [0.2, 0.25) is 0 Å². The fourth-order valence-electron chi connectivity index (χ4n) is 2.67. The maximum Gasteiger partial charge on any atom is 0.261 e. The van der Waals surface area contributed by atoms with Crippen molar-refractivity contribution in [3.8, 4) is 23.0 Å². The Bertz CT molecular complexity index is 787. The number of phenols is 1. The van der Waals surface area contributed by atoms with E-state index >= 15 is 0 Å². The molecule has 1 amide bonds. The van der Waals surface area contributed by atoms with Gasteiger partial charge in [-0.25, -0.2) is 0 Å². The van der Waals surface area contributed by atoms with Crippen LogP contribution >= 0.6 is 0 Å². The second kappa shape index (κ2) is 6.80. The van der Waals surface area contributed by atoms with E-state index in [0.29, 0.717) is 30.3 Å². The number of phenolic OH excluding ortho intramolecular Hbond substituents is 1. The average Bonchev–Trinajstić information content (AvgIpc) is 2.57. The molecule has 1 fully saturated rings. The molecule has 2 aromatic carbocycles. The Morgan fingerprint density at radius 3 is 2.52 bits per heavy atom. The van der Waals surface area contributed by atoms with E-state index in [0.717, 1.165) is 0 Å². The highest BCUT2D eigenvalue weighted by molar-refractivity contribution is 6.00. The predicted molar refractivity (Wildman–Crippen MR) is 92.4 cm³/mol. The zero-order chi connectivity index (χ0) is 18.0. The molecule has 0 atom stereocenters. The molecule has 1 aliphatic heterocycles. The molecule has 3 N–H and O–H groups in total. The normalized spacial score (nSPS) is 13.9. The molecule has 3 rings (SSSR count). The van der Waals surface area contributed by atoms with Gasteiger partial charge in [-0.2, -0.15) is 0 Å². The molecule has 0 bridgehead atoms. The number of ether oxygens (including phenoxy) is 3. The zero-order valence-electron chi connectivity index (χ0n) is 14.1. The minimum absolute atomic E-state index is 0.112. The number of carbonyl (C=O) groups excluding carboxylic acids is 1. The van der Waals surface area contributed by atoms with E-state index < -0.39 is 0 Å². The lowest BCUT2D eigenvalue weighted by Gasteiger charge is -2.39. The molecule has 0 spiro atoms. The summed E-state index contributed by atoms with van der Waals surface area (Å²) in [6.07, 6.45) is -0.139. The SMILES string of the molecule is COc1cc(O)c(C(=O)N2CC(Oc3ccccc3N)C2)c(OC)c1. The monoisotopic (exact) mass is 344 g/mol. The molecule has 7 heteroatoms. The van der Waals surface area contributed by atoms with Gasteiger partial charge in [0.1, 0.15) is 34.7 Å². The topological polar surface area (TPSA) is 94.2 Å². The first kappa shape index (κ1) is 16.8. The van der Waals surface area contributed by atoms with Crippen molar-refractivity contribution in [3.63, 3.8) is 0 Å². The fourth-order valence-corrected chi connectivity index (χ4v) is 2.67. The van der Waals surface area contributed by atoms with Crippen LogP contribution in [0.1, 0.15) is 10.4 Å². The number of nitrogens with two attached hydrogens (primary N) is 1. The lowest BCUT2D eigenvalue weighted by molar-refractivity contribution is 0.0176. The van der Waals surface area contributed by atoms with Crippen LogP contribution in [0.3, 0.4) is 0 Å². The third-order valence-electron chi connectivity index (χ3n) is 4.07. The maximum atomic E-state index is 12.7. The number of benzene rings is 2. The van der Waals surface area contributed by atoms with Crippen molar-refractivity contribution in [3.05, 3.63) is 42.0 Å². The van der Waals surface area contributed by atoms with Gasteiger partial charge in [-0.15, -0.1) is 0 Å². The summed E-state index contributed by atoms with van der Waals surface area (Å²) in [4.78, 5) is 14.2. The van der Waals surface area contributed by atoms with E-state index in [-0.39, 0.29) is 29.1 Å². The Labute approximate surface area is 145 Å². The number of nitrogens with zero attached hydrogens (tertiary/aromatic N) is 1. The number of amides is 1. The van der Waals surface area contributed by atoms with Gasteiger partial charge in [0.05, 0.1) is 33.0 Å². The van der Waals surface area contributed by atoms with Gasteiger partial charge in [0.15, 0.2) is 0 Å². The molecule has 0 unspecified atom stereocenters. The van der Waals surface area contributed by atoms with E-state index in [9.17, 15) is 9.90 Å². The van der Waals surface area contributed by atoms with E-state index in [2.05, 4.69) is 0 Å². The summed E-state index contributed by atoms with van der Waals surface area (Å²) in [5.41, 5.74) is 6.52. The van der Waals surface area contributed by atoms with Crippen LogP contribution in [0.25, 0.3) is 0 Å². The van der Waals surface area contributed by atoms with Crippen molar-refractivity contribution < 1.29 is 24.1 Å². The van der Waals surface area contributed by atoms with Crippen LogP contribution in [0.4, 0.5) is 5.69 Å². The Kier molecular flexibility index (Phi) is 4.56. The molecular weight excluding hydrogens is 324 g/mol. The van der Waals surface area contributed by atoms with Crippen molar-refractivity contribution in [2.45, 2.75) is 6.10 Å². The summed E-state index contributed by atoms with van der Waals surface area (Å²) in [5, 5.41) is 10.2. The number of likely N-dealkylation sites (tertiary alicyclic amines) is 1. The van der Waals surface area contributed by atoms with Gasteiger partial charge in [-0.3, -0.25) is 4.79 Å². The van der Waals surface area contributed by atoms with Gasteiger partial charge in [-0.05, 0) is 12.1 Å². The largest absolute Gasteiger partial charge is 0.507 e. The summed E-state index contributed by atoms with van der Waals surface area (Å²) >= 11 is 0. The highest BCUT2D eigenvalue weighted by Crippen LogP contribution is 2.35. The van der Waals surface area contributed by atoms with Crippen molar-refractivity contribution in [1.82, 2.24) is 4.90 Å². The first-order valence-corrected chi connectivity index (χ1v) is 7.79. The first-order chi connectivity index (χ1) is 12.0. The van der Waals surface area contributed by atoms with Crippen molar-refractivity contribution in [1.29, 1.82) is 0 Å². The van der Waals surface area contributed by atoms with Crippen LogP contribution in [0.15, 0.2) is 36.4 Å². The maximum absolute atomic E-state index is 12.7. The smallest absolute Gasteiger partial charge is 0.261 e. The third-order valence-corrected chi connectivity index (χ3v) is 4.07. The molecule has 0 aromatic heterocycles. The number of para-hydroxylation sites is 2. The Morgan fingerprint density at radius 1 is 1.16 bits per heavy atom. The Balaban J connectivity index is 1.69. The van der Waals surface area contributed by atoms with Gasteiger partial charge in [0.2, 0.25) is 0 Å². The summed E-state index contributed by atoms with van der Waals surface area (Å²) in [7, 11) is 2.91. The number of carbonyl (C=O) groups is 1. The van der Waals surface area contributed by atoms with Crippen LogP contribution in [0, 0.1) is 0 Å². The van der Waals surface area contributed by atoms with E-state index in [1.54, 1.807) is 23.1 Å². The molecule has 132 valence electrons. The summed E-state index contributed by atoms with van der Waals surface area (Å²) in [5.74, 6) is 0.772. The average molecular weight is 344 g/mol. The highest BCUT2D eigenvalue weighted by atomic mass is 16.5. The minimum atomic E-state index is -0.321. The Hall–Kier alpha value is -3.09. The molecule has 2 aromatic rings. The number of hydrogen-bond donors (Lipinski definition) is 2. The second-order valence-corrected chi connectivity index (χ2v) is 5.71. The van der Waals surface area contributed by atoms with Crippen molar-refractivity contribution in [2.24, 2.45) is 0 Å². The van der Waals surface area contributed by atoms with Gasteiger partial charge >= 0.3 is 0 Å². The molecule has 1 heterocycles. The molecule has 25 heavy (non-hydrogen) atoms. The lowest BCUT2D eigenvalue weighted by atomic mass is 10.1. The molecule has 0 aliphatic carbocycles. The molecule has 0 radical (unpaired) electrons. The third kappa shape index (κ3) is 3.26. The Morgan fingerprint density at radius 2 is 1.88 bits per heavy atom. The molecular formula is C18H20N2O5. The van der Waals surface area contributed by atoms with Gasteiger partial charge in [0, 0.05) is 12.1 Å². The number of anilines is 1. The van der Waals surface area contributed by atoms with Gasteiger partial charge in [-0.1, -0.05) is 12.1 Å².